The van der Waals surface area contributed by atoms with E-state index in [1.54, 1.807) is 0 Å². The number of aliphatic hydroxyl groups excluding tert-OH is 1. The highest BCUT2D eigenvalue weighted by Gasteiger charge is 2.16. The zero-order chi connectivity index (χ0) is 15.9. The van der Waals surface area contributed by atoms with Crippen LogP contribution in [0, 0.1) is 12.8 Å². The Bertz CT molecular complexity index is 558. The number of rotatable bonds is 7. The van der Waals surface area contributed by atoms with Gasteiger partial charge in [0.15, 0.2) is 0 Å². The quantitative estimate of drug-likeness (QED) is 0.832. The summed E-state index contributed by atoms with van der Waals surface area (Å²) in [5.74, 6) is 2.18. The van der Waals surface area contributed by atoms with E-state index in [-0.39, 0.29) is 6.61 Å². The average Bonchev–Trinajstić information content (AvgIpc) is 2.50. The van der Waals surface area contributed by atoms with Crippen molar-refractivity contribution in [2.45, 2.75) is 33.6 Å². The van der Waals surface area contributed by atoms with Gasteiger partial charge >= 0.3 is 0 Å². The molecule has 1 aromatic carbocycles. The molecule has 1 aliphatic carbocycles. The molecule has 3 heteroatoms. The van der Waals surface area contributed by atoms with Gasteiger partial charge in [-0.25, -0.2) is 0 Å². The van der Waals surface area contributed by atoms with Gasteiger partial charge in [0, 0.05) is 12.3 Å². The van der Waals surface area contributed by atoms with Gasteiger partial charge in [-0.15, -0.1) is 0 Å². The predicted molar refractivity (Wildman–Crippen MR) is 89.0 cm³/mol. The largest absolute Gasteiger partial charge is 0.496 e. The fourth-order valence-corrected chi connectivity index (χ4v) is 2.75. The van der Waals surface area contributed by atoms with Crippen LogP contribution in [0.5, 0.6) is 5.75 Å². The van der Waals surface area contributed by atoms with Crippen LogP contribution in [0.1, 0.15) is 31.4 Å². The summed E-state index contributed by atoms with van der Waals surface area (Å²) in [5, 5.41) is 8.86. The summed E-state index contributed by atoms with van der Waals surface area (Å²) in [7, 11) is 0. The van der Waals surface area contributed by atoms with Gasteiger partial charge in [0.05, 0.1) is 19.0 Å². The van der Waals surface area contributed by atoms with Crippen molar-refractivity contribution in [3.63, 3.8) is 0 Å². The number of allylic oxidation sites excluding steroid dienone is 3. The minimum absolute atomic E-state index is 0.0460. The number of aliphatic hydroxyl groups is 1. The first kappa shape index (κ1) is 16.6. The monoisotopic (exact) mass is 302 g/mol. The van der Waals surface area contributed by atoms with Crippen molar-refractivity contribution in [2.24, 2.45) is 5.92 Å². The molecule has 1 aliphatic rings. The standard InChI is InChI=1S/C19H26O3/c1-4-16-7-14(2)10-19(11-16)22-13-17-8-15(3)9-18(12-17)21-6-5-20/h7-11,17,20H,4-6,12-13H2,1-3H3. The maximum atomic E-state index is 8.86. The second-order valence-corrected chi connectivity index (χ2v) is 5.88. The Balaban J connectivity index is 1.94. The van der Waals surface area contributed by atoms with Gasteiger partial charge < -0.3 is 14.6 Å². The molecule has 0 aliphatic heterocycles. The molecule has 2 rings (SSSR count). The maximum absolute atomic E-state index is 8.86. The molecule has 0 aromatic heterocycles. The molecular formula is C19H26O3. The Morgan fingerprint density at radius 3 is 2.73 bits per heavy atom. The first-order valence-corrected chi connectivity index (χ1v) is 7.96. The summed E-state index contributed by atoms with van der Waals surface area (Å²) in [6, 6.07) is 6.39. The minimum Gasteiger partial charge on any atom is -0.496 e. The topological polar surface area (TPSA) is 38.7 Å². The van der Waals surface area contributed by atoms with Crippen LogP contribution < -0.4 is 4.74 Å². The van der Waals surface area contributed by atoms with Crippen molar-refractivity contribution in [2.75, 3.05) is 19.8 Å². The lowest BCUT2D eigenvalue weighted by atomic mass is 9.96. The molecule has 22 heavy (non-hydrogen) atoms. The van der Waals surface area contributed by atoms with Crippen LogP contribution in [0.15, 0.2) is 41.7 Å². The van der Waals surface area contributed by atoms with Crippen molar-refractivity contribution in [1.29, 1.82) is 0 Å². The number of ether oxygens (including phenoxy) is 2. The normalized spacial score (nSPS) is 17.7. The summed E-state index contributed by atoms with van der Waals surface area (Å²) in [4.78, 5) is 0. The molecule has 0 spiro atoms. The van der Waals surface area contributed by atoms with Crippen molar-refractivity contribution in [1.82, 2.24) is 0 Å². The third-order valence-electron chi connectivity index (χ3n) is 3.71. The highest BCUT2D eigenvalue weighted by atomic mass is 16.5. The molecule has 0 saturated carbocycles. The van der Waals surface area contributed by atoms with Crippen molar-refractivity contribution >= 4 is 0 Å². The minimum atomic E-state index is 0.0460. The zero-order valence-corrected chi connectivity index (χ0v) is 13.8. The SMILES string of the molecule is CCc1cc(C)cc(OCC2C=C(C)C=C(OCCO)C2)c1. The van der Waals surface area contributed by atoms with Crippen molar-refractivity contribution in [3.8, 4) is 5.75 Å². The maximum Gasteiger partial charge on any atom is 0.119 e. The Morgan fingerprint density at radius 1 is 1.18 bits per heavy atom. The van der Waals surface area contributed by atoms with Gasteiger partial charge in [-0.2, -0.15) is 0 Å². The van der Waals surface area contributed by atoms with Gasteiger partial charge in [-0.05, 0) is 49.6 Å². The highest BCUT2D eigenvalue weighted by molar-refractivity contribution is 5.34. The van der Waals surface area contributed by atoms with Gasteiger partial charge in [-0.1, -0.05) is 24.6 Å². The number of benzene rings is 1. The third kappa shape index (κ3) is 4.92. The summed E-state index contributed by atoms with van der Waals surface area (Å²) in [5.41, 5.74) is 3.72. The van der Waals surface area contributed by atoms with Gasteiger partial charge in [0.2, 0.25) is 0 Å². The molecule has 120 valence electrons. The zero-order valence-electron chi connectivity index (χ0n) is 13.8. The molecule has 0 fully saturated rings. The van der Waals surface area contributed by atoms with Crippen LogP contribution in [0.3, 0.4) is 0 Å². The van der Waals surface area contributed by atoms with Gasteiger partial charge in [-0.3, -0.25) is 0 Å². The van der Waals surface area contributed by atoms with Crippen LogP contribution >= 0.6 is 0 Å². The van der Waals surface area contributed by atoms with E-state index in [9.17, 15) is 0 Å². The summed E-state index contributed by atoms with van der Waals surface area (Å²) in [6.45, 7) is 7.36. The molecule has 1 aromatic rings. The molecule has 0 heterocycles. The lowest BCUT2D eigenvalue weighted by molar-refractivity contribution is 0.131. The first-order chi connectivity index (χ1) is 10.6. The smallest absolute Gasteiger partial charge is 0.119 e. The predicted octanol–water partition coefficient (Wildman–Crippen LogP) is 3.80. The van der Waals surface area contributed by atoms with Crippen LogP contribution in [0.25, 0.3) is 0 Å². The molecule has 1 atom stereocenters. The van der Waals surface area contributed by atoms with Crippen LogP contribution in [-0.2, 0) is 11.2 Å². The van der Waals surface area contributed by atoms with E-state index in [2.05, 4.69) is 45.0 Å². The third-order valence-corrected chi connectivity index (χ3v) is 3.71. The Labute approximate surface area is 133 Å². The fraction of sp³-hybridized carbons (Fsp3) is 0.474. The van der Waals surface area contributed by atoms with Gasteiger partial charge in [0.25, 0.3) is 0 Å². The van der Waals surface area contributed by atoms with Crippen LogP contribution in [-0.4, -0.2) is 24.9 Å². The van der Waals surface area contributed by atoms with Crippen molar-refractivity contribution in [3.05, 3.63) is 52.8 Å². The fourth-order valence-electron chi connectivity index (χ4n) is 2.75. The Morgan fingerprint density at radius 2 is 2.00 bits per heavy atom. The molecule has 3 nitrogen and oxygen atoms in total. The summed E-state index contributed by atoms with van der Waals surface area (Å²) in [6.07, 6.45) is 6.10. The first-order valence-electron chi connectivity index (χ1n) is 7.96. The number of hydrogen-bond donors (Lipinski definition) is 1. The Hall–Kier alpha value is -1.74. The van der Waals surface area contributed by atoms with Gasteiger partial charge in [0.1, 0.15) is 12.4 Å². The lowest BCUT2D eigenvalue weighted by Crippen LogP contribution is -2.15. The molecule has 0 amide bonds. The summed E-state index contributed by atoms with van der Waals surface area (Å²) < 4.78 is 11.5. The molecule has 0 bridgehead atoms. The second-order valence-electron chi connectivity index (χ2n) is 5.88. The molecule has 0 radical (unpaired) electrons. The van der Waals surface area contributed by atoms with Crippen molar-refractivity contribution < 1.29 is 14.6 Å². The van der Waals surface area contributed by atoms with E-state index in [1.807, 2.05) is 6.08 Å². The van der Waals surface area contributed by atoms with E-state index in [4.69, 9.17) is 14.6 Å². The molecular weight excluding hydrogens is 276 g/mol. The highest BCUT2D eigenvalue weighted by Crippen LogP contribution is 2.25. The Kier molecular flexibility index (Phi) is 6.08. The second kappa shape index (κ2) is 8.04. The molecule has 0 saturated heterocycles. The van der Waals surface area contributed by atoms with E-state index in [0.29, 0.717) is 19.1 Å². The number of aryl methyl sites for hydroxylation is 2. The van der Waals surface area contributed by atoms with Crippen LogP contribution in [0.2, 0.25) is 0 Å². The van der Waals surface area contributed by atoms with Crippen LogP contribution in [0.4, 0.5) is 0 Å². The van der Waals surface area contributed by atoms with E-state index < -0.39 is 0 Å². The number of hydrogen-bond acceptors (Lipinski definition) is 3. The molecule has 1 N–H and O–H groups in total. The van der Waals surface area contributed by atoms with E-state index >= 15 is 0 Å². The average molecular weight is 302 g/mol. The molecule has 1 unspecified atom stereocenters. The van der Waals surface area contributed by atoms with E-state index in [0.717, 1.165) is 24.4 Å². The lowest BCUT2D eigenvalue weighted by Gasteiger charge is -2.21. The summed E-state index contributed by atoms with van der Waals surface area (Å²) >= 11 is 0. The van der Waals surface area contributed by atoms with E-state index in [1.165, 1.54) is 16.7 Å².